The van der Waals surface area contributed by atoms with Crippen LogP contribution >= 0.6 is 0 Å². The molecule has 0 radical (unpaired) electrons. The smallest absolute Gasteiger partial charge is 0.0704 e. The standard InChI is InChI=1S/C17H24N2O/c1-14(13-18-11-12-20-2)7-8-15-9-10-19-17-6-4-3-5-16(15)17/h3-6,9-10,14,18H,7-8,11-13H2,1-2H3. The van der Waals surface area contributed by atoms with Crippen molar-refractivity contribution in [1.82, 2.24) is 10.3 Å². The summed E-state index contributed by atoms with van der Waals surface area (Å²) < 4.78 is 5.03. The molecule has 0 fully saturated rings. The van der Waals surface area contributed by atoms with Gasteiger partial charge < -0.3 is 10.1 Å². The van der Waals surface area contributed by atoms with Gasteiger partial charge in [-0.25, -0.2) is 0 Å². The maximum absolute atomic E-state index is 5.03. The van der Waals surface area contributed by atoms with E-state index in [1.165, 1.54) is 17.4 Å². The number of para-hydroxylation sites is 1. The van der Waals surface area contributed by atoms with Gasteiger partial charge in [0.25, 0.3) is 0 Å². The molecule has 1 unspecified atom stereocenters. The fraction of sp³-hybridized carbons (Fsp3) is 0.471. The Kier molecular flexibility index (Phi) is 5.96. The van der Waals surface area contributed by atoms with Crippen LogP contribution in [0.15, 0.2) is 36.5 Å². The highest BCUT2D eigenvalue weighted by Crippen LogP contribution is 2.19. The van der Waals surface area contributed by atoms with E-state index in [0.29, 0.717) is 5.92 Å². The predicted molar refractivity (Wildman–Crippen MR) is 84.0 cm³/mol. The van der Waals surface area contributed by atoms with Gasteiger partial charge in [0.2, 0.25) is 0 Å². The molecule has 20 heavy (non-hydrogen) atoms. The van der Waals surface area contributed by atoms with Gasteiger partial charge in [-0.15, -0.1) is 0 Å². The highest BCUT2D eigenvalue weighted by molar-refractivity contribution is 5.81. The molecule has 1 heterocycles. The summed E-state index contributed by atoms with van der Waals surface area (Å²) in [6.45, 7) is 5.05. The van der Waals surface area contributed by atoms with Gasteiger partial charge in [-0.05, 0) is 43.0 Å². The number of fused-ring (bicyclic) bond motifs is 1. The Morgan fingerprint density at radius 3 is 2.95 bits per heavy atom. The van der Waals surface area contributed by atoms with Crippen molar-refractivity contribution < 1.29 is 4.74 Å². The molecule has 1 aromatic heterocycles. The van der Waals surface area contributed by atoms with Crippen molar-refractivity contribution in [2.45, 2.75) is 19.8 Å². The average Bonchev–Trinajstić information content (AvgIpc) is 2.49. The summed E-state index contributed by atoms with van der Waals surface area (Å²) in [5.74, 6) is 0.666. The molecule has 0 amide bonds. The van der Waals surface area contributed by atoms with E-state index in [1.54, 1.807) is 7.11 Å². The number of aromatic nitrogens is 1. The van der Waals surface area contributed by atoms with E-state index in [1.807, 2.05) is 12.3 Å². The lowest BCUT2D eigenvalue weighted by Gasteiger charge is -2.13. The third kappa shape index (κ3) is 4.29. The quantitative estimate of drug-likeness (QED) is 0.750. The molecular weight excluding hydrogens is 248 g/mol. The number of pyridine rings is 1. The summed E-state index contributed by atoms with van der Waals surface area (Å²) in [6.07, 6.45) is 4.21. The molecule has 0 aliphatic carbocycles. The highest BCUT2D eigenvalue weighted by Gasteiger charge is 2.05. The lowest BCUT2D eigenvalue weighted by atomic mass is 9.98. The highest BCUT2D eigenvalue weighted by atomic mass is 16.5. The number of nitrogens with one attached hydrogen (secondary N) is 1. The summed E-state index contributed by atoms with van der Waals surface area (Å²) in [5, 5.41) is 4.71. The molecule has 0 aliphatic rings. The second kappa shape index (κ2) is 7.98. The van der Waals surface area contributed by atoms with Crippen LogP contribution in [0.4, 0.5) is 0 Å². The van der Waals surface area contributed by atoms with Gasteiger partial charge in [-0.2, -0.15) is 0 Å². The predicted octanol–water partition coefficient (Wildman–Crippen LogP) is 3.04. The number of rotatable bonds is 8. The Labute approximate surface area is 121 Å². The van der Waals surface area contributed by atoms with Crippen LogP contribution in [-0.4, -0.2) is 31.8 Å². The maximum Gasteiger partial charge on any atom is 0.0704 e. The normalized spacial score (nSPS) is 12.7. The van der Waals surface area contributed by atoms with Crippen molar-refractivity contribution in [3.8, 4) is 0 Å². The molecule has 3 nitrogen and oxygen atoms in total. The van der Waals surface area contributed by atoms with Gasteiger partial charge in [-0.3, -0.25) is 4.98 Å². The van der Waals surface area contributed by atoms with Crippen LogP contribution in [0.1, 0.15) is 18.9 Å². The summed E-state index contributed by atoms with van der Waals surface area (Å²) in [6, 6.07) is 10.5. The van der Waals surface area contributed by atoms with Gasteiger partial charge >= 0.3 is 0 Å². The lowest BCUT2D eigenvalue weighted by molar-refractivity contribution is 0.198. The SMILES string of the molecule is COCCNCC(C)CCc1ccnc2ccccc12. The van der Waals surface area contributed by atoms with Crippen molar-refractivity contribution in [2.75, 3.05) is 26.8 Å². The molecule has 0 aliphatic heterocycles. The van der Waals surface area contributed by atoms with Gasteiger partial charge in [-0.1, -0.05) is 25.1 Å². The van der Waals surface area contributed by atoms with Crippen molar-refractivity contribution in [2.24, 2.45) is 5.92 Å². The first-order valence-corrected chi connectivity index (χ1v) is 7.33. The molecule has 1 atom stereocenters. The van der Waals surface area contributed by atoms with Crippen LogP contribution in [0.2, 0.25) is 0 Å². The zero-order valence-corrected chi connectivity index (χ0v) is 12.4. The first kappa shape index (κ1) is 14.9. The molecule has 0 spiro atoms. The van der Waals surface area contributed by atoms with E-state index in [9.17, 15) is 0 Å². The van der Waals surface area contributed by atoms with E-state index >= 15 is 0 Å². The molecule has 3 heteroatoms. The molecule has 2 aromatic rings. The Bertz CT molecular complexity index is 522. The second-order valence-electron chi connectivity index (χ2n) is 5.33. The van der Waals surface area contributed by atoms with Crippen LogP contribution < -0.4 is 5.32 Å². The van der Waals surface area contributed by atoms with E-state index in [0.717, 1.165) is 31.6 Å². The van der Waals surface area contributed by atoms with Gasteiger partial charge in [0.05, 0.1) is 12.1 Å². The van der Waals surface area contributed by atoms with Crippen molar-refractivity contribution in [3.05, 3.63) is 42.1 Å². The first-order valence-electron chi connectivity index (χ1n) is 7.33. The minimum atomic E-state index is 0.666. The van der Waals surface area contributed by atoms with Crippen molar-refractivity contribution >= 4 is 10.9 Å². The third-order valence-electron chi connectivity index (χ3n) is 3.62. The number of ether oxygens (including phenoxy) is 1. The minimum Gasteiger partial charge on any atom is -0.383 e. The van der Waals surface area contributed by atoms with Crippen LogP contribution in [0.5, 0.6) is 0 Å². The summed E-state index contributed by atoms with van der Waals surface area (Å²) in [4.78, 5) is 4.41. The summed E-state index contributed by atoms with van der Waals surface area (Å²) in [7, 11) is 1.74. The first-order chi connectivity index (χ1) is 9.81. The average molecular weight is 272 g/mol. The number of benzene rings is 1. The Morgan fingerprint density at radius 2 is 2.10 bits per heavy atom. The van der Waals surface area contributed by atoms with Crippen LogP contribution in [-0.2, 0) is 11.2 Å². The minimum absolute atomic E-state index is 0.666. The molecular formula is C17H24N2O. The fourth-order valence-corrected chi connectivity index (χ4v) is 2.40. The molecule has 1 aromatic carbocycles. The maximum atomic E-state index is 5.03. The Balaban J connectivity index is 1.86. The van der Waals surface area contributed by atoms with E-state index in [-0.39, 0.29) is 0 Å². The van der Waals surface area contributed by atoms with Crippen LogP contribution in [0.25, 0.3) is 10.9 Å². The number of hydrogen-bond donors (Lipinski definition) is 1. The molecule has 0 saturated carbocycles. The largest absolute Gasteiger partial charge is 0.383 e. The Morgan fingerprint density at radius 1 is 1.25 bits per heavy atom. The Hall–Kier alpha value is -1.45. The number of hydrogen-bond acceptors (Lipinski definition) is 3. The van der Waals surface area contributed by atoms with E-state index in [4.69, 9.17) is 4.74 Å². The zero-order chi connectivity index (χ0) is 14.2. The van der Waals surface area contributed by atoms with Gasteiger partial charge in [0, 0.05) is 25.2 Å². The van der Waals surface area contributed by atoms with Crippen molar-refractivity contribution in [1.29, 1.82) is 0 Å². The fourth-order valence-electron chi connectivity index (χ4n) is 2.40. The second-order valence-corrected chi connectivity index (χ2v) is 5.33. The molecule has 2 rings (SSSR count). The van der Waals surface area contributed by atoms with Gasteiger partial charge in [0.15, 0.2) is 0 Å². The number of methoxy groups -OCH3 is 1. The topological polar surface area (TPSA) is 34.1 Å². The molecule has 1 N–H and O–H groups in total. The van der Waals surface area contributed by atoms with Crippen LogP contribution in [0.3, 0.4) is 0 Å². The number of aryl methyl sites for hydroxylation is 1. The van der Waals surface area contributed by atoms with Crippen molar-refractivity contribution in [3.63, 3.8) is 0 Å². The van der Waals surface area contributed by atoms with E-state index in [2.05, 4.69) is 41.5 Å². The molecule has 0 bridgehead atoms. The monoisotopic (exact) mass is 272 g/mol. The number of nitrogens with zero attached hydrogens (tertiary/aromatic N) is 1. The van der Waals surface area contributed by atoms with Gasteiger partial charge in [0.1, 0.15) is 0 Å². The zero-order valence-electron chi connectivity index (χ0n) is 12.4. The van der Waals surface area contributed by atoms with Crippen LogP contribution in [0, 0.1) is 5.92 Å². The summed E-state index contributed by atoms with van der Waals surface area (Å²) in [5.41, 5.74) is 2.50. The van der Waals surface area contributed by atoms with E-state index < -0.39 is 0 Å². The molecule has 108 valence electrons. The lowest BCUT2D eigenvalue weighted by Crippen LogP contribution is -2.25. The molecule has 0 saturated heterocycles. The third-order valence-corrected chi connectivity index (χ3v) is 3.62. The summed E-state index contributed by atoms with van der Waals surface area (Å²) >= 11 is 0.